The lowest BCUT2D eigenvalue weighted by atomic mass is 9.91. The van der Waals surface area contributed by atoms with Gasteiger partial charge in [-0.25, -0.2) is 5.43 Å². The van der Waals surface area contributed by atoms with Crippen LogP contribution in [0.1, 0.15) is 22.6 Å². The van der Waals surface area contributed by atoms with E-state index in [2.05, 4.69) is 10.5 Å². The summed E-state index contributed by atoms with van der Waals surface area (Å²) in [5.74, 6) is -0.410. The van der Waals surface area contributed by atoms with Crippen molar-refractivity contribution >= 4 is 17.8 Å². The smallest absolute Gasteiger partial charge is 0.282 e. The van der Waals surface area contributed by atoms with E-state index in [0.717, 1.165) is 11.1 Å². The van der Waals surface area contributed by atoms with Crippen molar-refractivity contribution in [1.82, 2.24) is 5.43 Å². The Morgan fingerprint density at radius 1 is 0.968 bits per heavy atom. The number of carbonyl (C=O) groups is 1. The first-order valence-electron chi connectivity index (χ1n) is 9.38. The highest BCUT2D eigenvalue weighted by Gasteiger charge is 2.23. The molecule has 0 aliphatic heterocycles. The first kappa shape index (κ1) is 21.5. The van der Waals surface area contributed by atoms with Crippen LogP contribution in [0.15, 0.2) is 77.9 Å². The van der Waals surface area contributed by atoms with E-state index in [0.29, 0.717) is 5.75 Å². The number of nitro benzene ring substituents is 1. The summed E-state index contributed by atoms with van der Waals surface area (Å²) in [6, 6.07) is 21.3. The molecule has 0 aliphatic carbocycles. The second kappa shape index (κ2) is 10.0. The van der Waals surface area contributed by atoms with Crippen molar-refractivity contribution in [3.8, 4) is 11.5 Å². The summed E-state index contributed by atoms with van der Waals surface area (Å²) in [4.78, 5) is 23.8. The lowest BCUT2D eigenvalue weighted by molar-refractivity contribution is -0.385. The number of ether oxygens (including phenoxy) is 2. The number of hydrazone groups is 1. The monoisotopic (exact) mass is 419 g/mol. The maximum Gasteiger partial charge on any atom is 0.282 e. The second-order valence-electron chi connectivity index (χ2n) is 6.51. The van der Waals surface area contributed by atoms with Crippen molar-refractivity contribution in [2.45, 2.75) is 5.92 Å². The number of hydrogen-bond acceptors (Lipinski definition) is 6. The van der Waals surface area contributed by atoms with Crippen molar-refractivity contribution in [2.24, 2.45) is 5.10 Å². The number of methoxy groups -OCH3 is 2. The molecule has 31 heavy (non-hydrogen) atoms. The molecule has 0 saturated carbocycles. The molecule has 0 aromatic heterocycles. The molecule has 3 aromatic rings. The zero-order valence-corrected chi connectivity index (χ0v) is 17.0. The van der Waals surface area contributed by atoms with Gasteiger partial charge in [-0.15, -0.1) is 0 Å². The minimum Gasteiger partial charge on any atom is -0.493 e. The fourth-order valence-corrected chi connectivity index (χ4v) is 3.16. The number of nitrogens with zero attached hydrogens (tertiary/aromatic N) is 2. The van der Waals surface area contributed by atoms with Crippen LogP contribution in [0.5, 0.6) is 11.5 Å². The zero-order chi connectivity index (χ0) is 22.2. The van der Waals surface area contributed by atoms with Crippen LogP contribution in [-0.4, -0.2) is 31.3 Å². The Morgan fingerprint density at radius 3 is 1.97 bits per heavy atom. The molecule has 158 valence electrons. The molecule has 0 heterocycles. The average molecular weight is 419 g/mol. The van der Waals surface area contributed by atoms with Gasteiger partial charge in [0.1, 0.15) is 0 Å². The topological polar surface area (TPSA) is 103 Å². The van der Waals surface area contributed by atoms with Crippen molar-refractivity contribution in [3.05, 3.63) is 99.6 Å². The largest absolute Gasteiger partial charge is 0.493 e. The van der Waals surface area contributed by atoms with Crippen LogP contribution in [-0.2, 0) is 4.79 Å². The fraction of sp³-hybridized carbons (Fsp3) is 0.130. The molecular formula is C23H21N3O5. The number of hydrogen-bond donors (Lipinski definition) is 1. The summed E-state index contributed by atoms with van der Waals surface area (Å²) >= 11 is 0. The summed E-state index contributed by atoms with van der Waals surface area (Å²) in [6.07, 6.45) is 1.21. The number of nitro groups is 1. The van der Waals surface area contributed by atoms with Gasteiger partial charge in [0.05, 0.1) is 42.9 Å². The maximum atomic E-state index is 13.0. The quantitative estimate of drug-likeness (QED) is 0.339. The average Bonchev–Trinajstić information content (AvgIpc) is 2.80. The number of rotatable bonds is 8. The molecule has 0 unspecified atom stereocenters. The van der Waals surface area contributed by atoms with E-state index in [9.17, 15) is 14.9 Å². The molecule has 0 fully saturated rings. The third kappa shape index (κ3) is 5.05. The molecule has 0 atom stereocenters. The van der Waals surface area contributed by atoms with Gasteiger partial charge in [0.15, 0.2) is 11.5 Å². The Hall–Kier alpha value is -4.20. The highest BCUT2D eigenvalue weighted by atomic mass is 16.6. The summed E-state index contributed by atoms with van der Waals surface area (Å²) in [7, 11) is 2.82. The summed E-state index contributed by atoms with van der Waals surface area (Å²) in [5, 5.41) is 15.4. The number of amides is 1. The van der Waals surface area contributed by atoms with Crippen LogP contribution in [0.3, 0.4) is 0 Å². The SMILES string of the molecule is COc1cc(/C=N\NC(=O)C(c2ccccc2)c2ccccc2)c([N+](=O)[O-])cc1OC. The molecule has 8 nitrogen and oxygen atoms in total. The van der Waals surface area contributed by atoms with Crippen LogP contribution < -0.4 is 14.9 Å². The van der Waals surface area contributed by atoms with Gasteiger partial charge in [-0.3, -0.25) is 14.9 Å². The standard InChI is InChI=1S/C23H21N3O5/c1-30-20-13-18(19(26(28)29)14-21(20)31-2)15-24-25-23(27)22(16-9-5-3-6-10-16)17-11-7-4-8-12-17/h3-15,22H,1-2H3,(H,25,27)/b24-15-. The second-order valence-corrected chi connectivity index (χ2v) is 6.51. The molecule has 3 aromatic carbocycles. The fourth-order valence-electron chi connectivity index (χ4n) is 3.16. The van der Waals surface area contributed by atoms with Crippen molar-refractivity contribution in [2.75, 3.05) is 14.2 Å². The highest BCUT2D eigenvalue weighted by molar-refractivity contribution is 5.90. The van der Waals surface area contributed by atoms with Gasteiger partial charge in [-0.05, 0) is 17.2 Å². The predicted octanol–water partition coefficient (Wildman–Crippen LogP) is 3.89. The van der Waals surface area contributed by atoms with E-state index in [1.54, 1.807) is 0 Å². The molecule has 1 N–H and O–H groups in total. The Kier molecular flexibility index (Phi) is 6.95. The highest BCUT2D eigenvalue weighted by Crippen LogP contribution is 2.33. The predicted molar refractivity (Wildman–Crippen MR) is 117 cm³/mol. The number of carbonyl (C=O) groups excluding carboxylic acids is 1. The third-order valence-electron chi connectivity index (χ3n) is 4.64. The Bertz CT molecular complexity index is 1050. The number of nitrogens with one attached hydrogen (secondary N) is 1. The lowest BCUT2D eigenvalue weighted by Gasteiger charge is -2.16. The molecule has 0 aliphatic rings. The summed E-state index contributed by atoms with van der Waals surface area (Å²) in [6.45, 7) is 0. The molecule has 8 heteroatoms. The van der Waals surface area contributed by atoms with E-state index in [-0.39, 0.29) is 22.9 Å². The molecule has 0 radical (unpaired) electrons. The molecule has 1 amide bonds. The van der Waals surface area contributed by atoms with Gasteiger partial charge in [-0.2, -0.15) is 5.10 Å². The number of benzene rings is 3. The Labute approximate surface area is 179 Å². The van der Waals surface area contributed by atoms with Gasteiger partial charge < -0.3 is 9.47 Å². The Morgan fingerprint density at radius 2 is 1.48 bits per heavy atom. The maximum absolute atomic E-state index is 13.0. The van der Waals surface area contributed by atoms with Gasteiger partial charge in [0.2, 0.25) is 0 Å². The first-order valence-corrected chi connectivity index (χ1v) is 9.38. The van der Waals surface area contributed by atoms with Gasteiger partial charge >= 0.3 is 0 Å². The van der Waals surface area contributed by atoms with Crippen molar-refractivity contribution in [1.29, 1.82) is 0 Å². The van der Waals surface area contributed by atoms with Crippen LogP contribution in [0.25, 0.3) is 0 Å². The summed E-state index contributed by atoms with van der Waals surface area (Å²) < 4.78 is 10.3. The van der Waals surface area contributed by atoms with Crippen LogP contribution in [0.2, 0.25) is 0 Å². The molecule has 0 saturated heterocycles. The van der Waals surface area contributed by atoms with Gasteiger partial charge in [0, 0.05) is 0 Å². The molecule has 0 spiro atoms. The van der Waals surface area contributed by atoms with Crippen LogP contribution in [0.4, 0.5) is 5.69 Å². The van der Waals surface area contributed by atoms with E-state index in [1.165, 1.54) is 32.6 Å². The minimum absolute atomic E-state index is 0.166. The van der Waals surface area contributed by atoms with E-state index in [1.807, 2.05) is 60.7 Å². The van der Waals surface area contributed by atoms with E-state index in [4.69, 9.17) is 9.47 Å². The van der Waals surface area contributed by atoms with Crippen molar-refractivity contribution in [3.63, 3.8) is 0 Å². The lowest BCUT2D eigenvalue weighted by Crippen LogP contribution is -2.26. The molecule has 3 rings (SSSR count). The normalized spacial score (nSPS) is 10.8. The Balaban J connectivity index is 1.88. The minimum atomic E-state index is -0.583. The molecule has 0 bridgehead atoms. The summed E-state index contributed by atoms with van der Waals surface area (Å²) in [5.41, 5.74) is 4.05. The first-order chi connectivity index (χ1) is 15.0. The zero-order valence-electron chi connectivity index (χ0n) is 17.0. The van der Waals surface area contributed by atoms with E-state index < -0.39 is 10.8 Å². The third-order valence-corrected chi connectivity index (χ3v) is 4.64. The van der Waals surface area contributed by atoms with E-state index >= 15 is 0 Å². The van der Waals surface area contributed by atoms with Crippen LogP contribution in [0, 0.1) is 10.1 Å². The molecular weight excluding hydrogens is 398 g/mol. The van der Waals surface area contributed by atoms with Crippen LogP contribution >= 0.6 is 0 Å². The van der Waals surface area contributed by atoms with Crippen molar-refractivity contribution < 1.29 is 19.2 Å². The van der Waals surface area contributed by atoms with Gasteiger partial charge in [-0.1, -0.05) is 60.7 Å². The van der Waals surface area contributed by atoms with Gasteiger partial charge in [0.25, 0.3) is 11.6 Å².